The van der Waals surface area contributed by atoms with E-state index in [2.05, 4.69) is 35.9 Å². The summed E-state index contributed by atoms with van der Waals surface area (Å²) in [6, 6.07) is 0. The van der Waals surface area contributed by atoms with Gasteiger partial charge in [0, 0.05) is 22.1 Å². The second kappa shape index (κ2) is 4.66. The molecular weight excluding hydrogens is 340 g/mol. The van der Waals surface area contributed by atoms with Gasteiger partial charge in [-0.15, -0.1) is 0 Å². The van der Waals surface area contributed by atoms with Gasteiger partial charge < -0.3 is 0 Å². The highest BCUT2D eigenvalue weighted by Gasteiger charge is 2.59. The lowest BCUT2D eigenvalue weighted by Crippen LogP contribution is -2.52. The third kappa shape index (κ3) is 1.78. The van der Waals surface area contributed by atoms with E-state index in [9.17, 15) is 9.59 Å². The largest absolute Gasteiger partial charge is 0.299 e. The molecule has 3 heteroatoms. The zero-order chi connectivity index (χ0) is 15.7. The fourth-order valence-corrected chi connectivity index (χ4v) is 7.03. The van der Waals surface area contributed by atoms with Crippen molar-refractivity contribution in [3.8, 4) is 0 Å². The summed E-state index contributed by atoms with van der Waals surface area (Å²) < 4.78 is 0. The van der Waals surface area contributed by atoms with Gasteiger partial charge in [0.15, 0.2) is 5.78 Å². The van der Waals surface area contributed by atoms with Gasteiger partial charge in [-0.1, -0.05) is 35.9 Å². The van der Waals surface area contributed by atoms with Crippen molar-refractivity contribution in [3.63, 3.8) is 0 Å². The third-order valence-corrected chi connectivity index (χ3v) is 8.11. The zero-order valence-electron chi connectivity index (χ0n) is 13.3. The monoisotopic (exact) mass is 362 g/mol. The average molecular weight is 363 g/mol. The second-order valence-corrected chi connectivity index (χ2v) is 9.22. The van der Waals surface area contributed by atoms with E-state index in [1.54, 1.807) is 6.08 Å². The normalized spacial score (nSPS) is 50.2. The van der Waals surface area contributed by atoms with E-state index in [0.29, 0.717) is 23.5 Å². The number of halogens is 1. The fourth-order valence-electron chi connectivity index (χ4n) is 5.97. The first-order valence-corrected chi connectivity index (χ1v) is 9.40. The molecule has 4 aliphatic rings. The molecule has 0 heterocycles. The molecule has 0 N–H and O–H groups in total. The van der Waals surface area contributed by atoms with Gasteiger partial charge in [-0.3, -0.25) is 9.59 Å². The SMILES string of the molecule is C[C@]12C=CC(=O)C=C1[C@@H](Br)C[C@@H]1[C@@H]2CC[C@]2(C)C(=O)CC[C@@H]12. The lowest BCUT2D eigenvalue weighted by molar-refractivity contribution is -0.131. The summed E-state index contributed by atoms with van der Waals surface area (Å²) in [5.74, 6) is 2.30. The van der Waals surface area contributed by atoms with Gasteiger partial charge in [0.1, 0.15) is 5.78 Å². The Kier molecular flexibility index (Phi) is 3.15. The zero-order valence-corrected chi connectivity index (χ0v) is 14.9. The van der Waals surface area contributed by atoms with E-state index in [1.807, 2.05) is 6.08 Å². The summed E-state index contributed by atoms with van der Waals surface area (Å²) in [4.78, 5) is 24.5. The van der Waals surface area contributed by atoms with Crippen LogP contribution in [0, 0.1) is 28.6 Å². The van der Waals surface area contributed by atoms with Crippen LogP contribution < -0.4 is 0 Å². The lowest BCUT2D eigenvalue weighted by atomic mass is 9.48. The molecule has 4 rings (SSSR count). The highest BCUT2D eigenvalue weighted by molar-refractivity contribution is 9.09. The van der Waals surface area contributed by atoms with Gasteiger partial charge in [0.2, 0.25) is 0 Å². The summed E-state index contributed by atoms with van der Waals surface area (Å²) in [6.45, 7) is 4.51. The highest BCUT2D eigenvalue weighted by atomic mass is 79.9. The molecule has 0 radical (unpaired) electrons. The van der Waals surface area contributed by atoms with Gasteiger partial charge in [0.25, 0.3) is 0 Å². The Morgan fingerprint density at radius 1 is 1.18 bits per heavy atom. The van der Waals surface area contributed by atoms with Crippen LogP contribution in [0.4, 0.5) is 0 Å². The maximum absolute atomic E-state index is 12.4. The van der Waals surface area contributed by atoms with Crippen LogP contribution >= 0.6 is 15.9 Å². The Labute approximate surface area is 140 Å². The van der Waals surface area contributed by atoms with E-state index in [4.69, 9.17) is 0 Å². The molecule has 0 aromatic carbocycles. The van der Waals surface area contributed by atoms with Gasteiger partial charge in [0.05, 0.1) is 0 Å². The van der Waals surface area contributed by atoms with Crippen molar-refractivity contribution in [2.24, 2.45) is 28.6 Å². The van der Waals surface area contributed by atoms with Crippen LogP contribution in [0.1, 0.15) is 46.0 Å². The molecule has 0 spiro atoms. The maximum atomic E-state index is 12.4. The molecule has 2 nitrogen and oxygen atoms in total. The molecule has 0 aliphatic heterocycles. The Bertz CT molecular complexity index is 619. The first kappa shape index (κ1) is 14.9. The van der Waals surface area contributed by atoms with Gasteiger partial charge in [-0.05, 0) is 61.2 Å². The van der Waals surface area contributed by atoms with Crippen LogP contribution in [0.15, 0.2) is 23.8 Å². The number of hydrogen-bond acceptors (Lipinski definition) is 2. The summed E-state index contributed by atoms with van der Waals surface area (Å²) in [5, 5.41) is 0. The standard InChI is InChI=1S/C19H23BrO2/c1-18-7-5-11(21)9-15(18)16(20)10-12-13-3-4-17(22)19(13,2)8-6-14(12)18/h5,7,9,12-14,16H,3-4,6,8,10H2,1-2H3/t12-,13-,14-,16-,18+,19-/m0/s1. The van der Waals surface area contributed by atoms with Crippen molar-refractivity contribution < 1.29 is 9.59 Å². The minimum absolute atomic E-state index is 0.0159. The van der Waals surface area contributed by atoms with E-state index in [1.165, 1.54) is 5.57 Å². The summed E-state index contributed by atoms with van der Waals surface area (Å²) in [6.07, 6.45) is 10.8. The smallest absolute Gasteiger partial charge is 0.178 e. The molecule has 0 aromatic heterocycles. The van der Waals surface area contributed by atoms with Crippen LogP contribution in [-0.4, -0.2) is 16.4 Å². The Morgan fingerprint density at radius 2 is 1.95 bits per heavy atom. The summed E-state index contributed by atoms with van der Waals surface area (Å²) >= 11 is 3.85. The number of rotatable bonds is 0. The van der Waals surface area contributed by atoms with Crippen molar-refractivity contribution in [1.29, 1.82) is 0 Å². The average Bonchev–Trinajstić information content (AvgIpc) is 2.77. The van der Waals surface area contributed by atoms with E-state index in [-0.39, 0.29) is 21.4 Å². The van der Waals surface area contributed by atoms with Crippen molar-refractivity contribution in [3.05, 3.63) is 23.8 Å². The molecule has 0 saturated heterocycles. The van der Waals surface area contributed by atoms with E-state index in [0.717, 1.165) is 32.1 Å². The topological polar surface area (TPSA) is 34.1 Å². The van der Waals surface area contributed by atoms with Crippen molar-refractivity contribution in [2.45, 2.75) is 50.8 Å². The van der Waals surface area contributed by atoms with Gasteiger partial charge in [-0.25, -0.2) is 0 Å². The van der Waals surface area contributed by atoms with Gasteiger partial charge in [-0.2, -0.15) is 0 Å². The van der Waals surface area contributed by atoms with Crippen LogP contribution in [-0.2, 0) is 9.59 Å². The number of fused-ring (bicyclic) bond motifs is 5. The van der Waals surface area contributed by atoms with Crippen LogP contribution in [0.3, 0.4) is 0 Å². The molecule has 0 amide bonds. The van der Waals surface area contributed by atoms with Crippen molar-refractivity contribution >= 4 is 27.5 Å². The number of carbonyl (C=O) groups excluding carboxylic acids is 2. The minimum Gasteiger partial charge on any atom is -0.299 e. The first-order valence-electron chi connectivity index (χ1n) is 8.49. The minimum atomic E-state index is -0.0837. The first-order chi connectivity index (χ1) is 10.4. The number of hydrogen-bond donors (Lipinski definition) is 0. The number of allylic oxidation sites excluding steroid dienone is 4. The van der Waals surface area contributed by atoms with E-state index < -0.39 is 0 Å². The van der Waals surface area contributed by atoms with Crippen LogP contribution in [0.25, 0.3) is 0 Å². The summed E-state index contributed by atoms with van der Waals surface area (Å²) in [7, 11) is 0. The molecule has 3 saturated carbocycles. The van der Waals surface area contributed by atoms with Crippen molar-refractivity contribution in [2.75, 3.05) is 0 Å². The molecule has 0 unspecified atom stereocenters. The van der Waals surface area contributed by atoms with Gasteiger partial charge >= 0.3 is 0 Å². The molecule has 22 heavy (non-hydrogen) atoms. The molecule has 4 aliphatic carbocycles. The summed E-state index contributed by atoms with van der Waals surface area (Å²) in [5.41, 5.74) is 1.16. The molecule has 118 valence electrons. The van der Waals surface area contributed by atoms with Crippen LogP contribution in [0.2, 0.25) is 0 Å². The number of ketones is 2. The number of alkyl halides is 1. The fraction of sp³-hybridized carbons (Fsp3) is 0.684. The molecular formula is C19H23BrO2. The third-order valence-electron chi connectivity index (χ3n) is 7.25. The van der Waals surface area contributed by atoms with Crippen LogP contribution in [0.5, 0.6) is 0 Å². The highest BCUT2D eigenvalue weighted by Crippen LogP contribution is 2.64. The quantitative estimate of drug-likeness (QED) is 0.604. The Balaban J connectivity index is 1.76. The predicted octanol–water partition coefficient (Wildman–Crippen LogP) is 4.24. The maximum Gasteiger partial charge on any atom is 0.178 e. The molecule has 0 bridgehead atoms. The molecule has 3 fully saturated rings. The molecule has 6 atom stereocenters. The number of carbonyl (C=O) groups is 2. The predicted molar refractivity (Wildman–Crippen MR) is 89.7 cm³/mol. The Hall–Kier alpha value is -0.700. The Morgan fingerprint density at radius 3 is 2.73 bits per heavy atom. The van der Waals surface area contributed by atoms with Crippen molar-refractivity contribution in [1.82, 2.24) is 0 Å². The number of Topliss-reactive ketones (excluding diaryl/α,β-unsaturated/α-hetero) is 1. The molecule has 0 aromatic rings. The van der Waals surface area contributed by atoms with E-state index >= 15 is 0 Å². The second-order valence-electron chi connectivity index (χ2n) is 8.12. The lowest BCUT2D eigenvalue weighted by Gasteiger charge is -2.56.